The largest absolute Gasteiger partial charge is 0.467 e. The molecule has 0 aliphatic rings. The quantitative estimate of drug-likeness (QED) is 0.193. The van der Waals surface area contributed by atoms with Crippen LogP contribution in [-0.4, -0.2) is 61.3 Å². The summed E-state index contributed by atoms with van der Waals surface area (Å²) < 4.78 is 9.56. The van der Waals surface area contributed by atoms with Crippen molar-refractivity contribution in [3.05, 3.63) is 23.5 Å². The summed E-state index contributed by atoms with van der Waals surface area (Å²) >= 11 is 0. The number of rotatable bonds is 13. The first-order valence-electron chi connectivity index (χ1n) is 8.41. The molecule has 2 atom stereocenters. The van der Waals surface area contributed by atoms with E-state index in [1.165, 1.54) is 61.8 Å². The van der Waals surface area contributed by atoms with Crippen LogP contribution in [0.3, 0.4) is 0 Å². The molecule has 0 saturated heterocycles. The van der Waals surface area contributed by atoms with Crippen LogP contribution < -0.4 is 10.6 Å². The zero-order valence-electron chi connectivity index (χ0n) is 17.0. The fourth-order valence-electron chi connectivity index (χ4n) is 2.10. The maximum atomic E-state index is 11.9. The molecule has 158 valence electrons. The Labute approximate surface area is 173 Å². The van der Waals surface area contributed by atoms with Gasteiger partial charge in [0.15, 0.2) is 11.6 Å². The SMILES string of the molecule is COC(=O)[C@H](CSSC[C@@H](N/C(C)=C/C(C)=O)C(=O)OC)N/C(C)=C/C(C)=O. The van der Waals surface area contributed by atoms with Gasteiger partial charge in [-0.3, -0.25) is 9.59 Å². The Morgan fingerprint density at radius 2 is 1.07 bits per heavy atom. The molecule has 0 aromatic heterocycles. The summed E-state index contributed by atoms with van der Waals surface area (Å²) in [6.07, 6.45) is 2.80. The lowest BCUT2D eigenvalue weighted by Crippen LogP contribution is -2.39. The molecule has 0 aliphatic carbocycles. The molecule has 0 aromatic carbocycles. The van der Waals surface area contributed by atoms with Gasteiger partial charge in [0.25, 0.3) is 0 Å². The van der Waals surface area contributed by atoms with Gasteiger partial charge in [-0.2, -0.15) is 0 Å². The number of carbonyl (C=O) groups is 4. The van der Waals surface area contributed by atoms with Gasteiger partial charge in [0, 0.05) is 22.9 Å². The van der Waals surface area contributed by atoms with Gasteiger partial charge >= 0.3 is 11.9 Å². The minimum absolute atomic E-state index is 0.128. The Kier molecular flexibility index (Phi) is 13.1. The van der Waals surface area contributed by atoms with Crippen molar-refractivity contribution in [1.82, 2.24) is 10.6 Å². The molecular formula is C18H28N2O6S2. The van der Waals surface area contributed by atoms with E-state index < -0.39 is 24.0 Å². The van der Waals surface area contributed by atoms with Crippen molar-refractivity contribution in [3.8, 4) is 0 Å². The number of ketones is 2. The minimum Gasteiger partial charge on any atom is -0.467 e. The van der Waals surface area contributed by atoms with Crippen LogP contribution in [0.25, 0.3) is 0 Å². The van der Waals surface area contributed by atoms with Gasteiger partial charge in [-0.05, 0) is 39.8 Å². The van der Waals surface area contributed by atoms with E-state index in [0.717, 1.165) is 0 Å². The molecule has 0 unspecified atom stereocenters. The third-order valence-corrected chi connectivity index (χ3v) is 5.59. The van der Waals surface area contributed by atoms with Crippen LogP contribution in [0, 0.1) is 0 Å². The molecule has 0 radical (unpaired) electrons. The number of carbonyl (C=O) groups excluding carboxylic acids is 4. The molecule has 0 rings (SSSR count). The average Bonchev–Trinajstić information content (AvgIpc) is 2.60. The van der Waals surface area contributed by atoms with Gasteiger partial charge in [0.1, 0.15) is 12.1 Å². The summed E-state index contributed by atoms with van der Waals surface area (Å²) in [6, 6.07) is -1.27. The van der Waals surface area contributed by atoms with E-state index in [1.807, 2.05) is 0 Å². The van der Waals surface area contributed by atoms with E-state index in [-0.39, 0.29) is 11.6 Å². The van der Waals surface area contributed by atoms with Crippen molar-refractivity contribution in [2.24, 2.45) is 0 Å². The lowest BCUT2D eigenvalue weighted by molar-refractivity contribution is -0.143. The number of hydrogen-bond donors (Lipinski definition) is 2. The standard InChI is InChI=1S/C18H28N2O6S2/c1-11(7-13(3)21)19-15(17(23)25-5)9-27-28-10-16(18(24)26-6)20-12(2)8-14(4)22/h7-8,15-16,19-20H,9-10H2,1-6H3/b11-7+,12-8+/t15-,16+. The second-order valence-corrected chi connectivity index (χ2v) is 8.44. The van der Waals surface area contributed by atoms with E-state index in [4.69, 9.17) is 9.47 Å². The summed E-state index contributed by atoms with van der Waals surface area (Å²) in [5, 5.41) is 5.91. The van der Waals surface area contributed by atoms with E-state index in [9.17, 15) is 19.2 Å². The van der Waals surface area contributed by atoms with Gasteiger partial charge in [0.05, 0.1) is 14.2 Å². The number of ether oxygens (including phenoxy) is 2. The molecule has 0 saturated carbocycles. The first kappa shape index (κ1) is 26.1. The van der Waals surface area contributed by atoms with E-state index >= 15 is 0 Å². The first-order chi connectivity index (χ1) is 13.1. The summed E-state index contributed by atoms with van der Waals surface area (Å²) in [6.45, 7) is 6.23. The molecule has 8 nitrogen and oxygen atoms in total. The Morgan fingerprint density at radius 3 is 1.32 bits per heavy atom. The minimum atomic E-state index is -0.637. The molecule has 10 heteroatoms. The van der Waals surface area contributed by atoms with E-state index in [0.29, 0.717) is 22.9 Å². The van der Waals surface area contributed by atoms with Crippen molar-refractivity contribution in [2.75, 3.05) is 25.7 Å². The lowest BCUT2D eigenvalue weighted by atomic mass is 10.3. The third-order valence-electron chi connectivity index (χ3n) is 3.17. The van der Waals surface area contributed by atoms with Crippen molar-refractivity contribution in [3.63, 3.8) is 0 Å². The highest BCUT2D eigenvalue weighted by molar-refractivity contribution is 8.76. The molecular weight excluding hydrogens is 404 g/mol. The number of nitrogens with one attached hydrogen (secondary N) is 2. The van der Waals surface area contributed by atoms with Gasteiger partial charge in [-0.15, -0.1) is 0 Å². The number of esters is 2. The van der Waals surface area contributed by atoms with Gasteiger partial charge in [0.2, 0.25) is 0 Å². The van der Waals surface area contributed by atoms with Crippen molar-refractivity contribution < 1.29 is 28.7 Å². The second kappa shape index (κ2) is 14.1. The topological polar surface area (TPSA) is 111 Å². The van der Waals surface area contributed by atoms with E-state index in [1.54, 1.807) is 13.8 Å². The number of hydrogen-bond acceptors (Lipinski definition) is 10. The average molecular weight is 433 g/mol. The molecule has 0 aliphatic heterocycles. The highest BCUT2D eigenvalue weighted by atomic mass is 33.1. The molecule has 0 heterocycles. The maximum absolute atomic E-state index is 11.9. The monoisotopic (exact) mass is 432 g/mol. The Bertz CT molecular complexity index is 580. The van der Waals surface area contributed by atoms with Gasteiger partial charge in [-0.25, -0.2) is 9.59 Å². The van der Waals surface area contributed by atoms with Crippen LogP contribution in [-0.2, 0) is 28.7 Å². The van der Waals surface area contributed by atoms with Crippen molar-refractivity contribution in [2.45, 2.75) is 39.8 Å². The van der Waals surface area contributed by atoms with Crippen LogP contribution in [0.15, 0.2) is 23.5 Å². The predicted octanol–water partition coefficient (Wildman–Crippen LogP) is 1.62. The van der Waals surface area contributed by atoms with Crippen LogP contribution in [0.2, 0.25) is 0 Å². The van der Waals surface area contributed by atoms with Crippen LogP contribution >= 0.6 is 21.6 Å². The molecule has 28 heavy (non-hydrogen) atoms. The smallest absolute Gasteiger partial charge is 0.329 e. The highest BCUT2D eigenvalue weighted by Crippen LogP contribution is 2.24. The molecule has 0 amide bonds. The zero-order chi connectivity index (χ0) is 21.7. The van der Waals surface area contributed by atoms with Crippen LogP contribution in [0.5, 0.6) is 0 Å². The fourth-order valence-corrected chi connectivity index (χ4v) is 4.39. The maximum Gasteiger partial charge on any atom is 0.329 e. The summed E-state index contributed by atoms with van der Waals surface area (Å²) in [4.78, 5) is 46.1. The Hall–Kier alpha value is -1.94. The zero-order valence-corrected chi connectivity index (χ0v) is 18.6. The van der Waals surface area contributed by atoms with Crippen molar-refractivity contribution >= 4 is 45.1 Å². The highest BCUT2D eigenvalue weighted by Gasteiger charge is 2.22. The van der Waals surface area contributed by atoms with Gasteiger partial charge in [-0.1, -0.05) is 21.6 Å². The molecule has 0 bridgehead atoms. The Morgan fingerprint density at radius 1 is 0.750 bits per heavy atom. The fraction of sp³-hybridized carbons (Fsp3) is 0.556. The lowest BCUT2D eigenvalue weighted by Gasteiger charge is -2.19. The normalized spacial score (nSPS) is 13.9. The summed E-state index contributed by atoms with van der Waals surface area (Å²) in [5.74, 6) is -0.444. The van der Waals surface area contributed by atoms with Gasteiger partial charge < -0.3 is 20.1 Å². The molecule has 0 fully saturated rings. The van der Waals surface area contributed by atoms with Crippen LogP contribution in [0.1, 0.15) is 27.7 Å². The number of methoxy groups -OCH3 is 2. The van der Waals surface area contributed by atoms with Crippen molar-refractivity contribution in [1.29, 1.82) is 0 Å². The molecule has 2 N–H and O–H groups in total. The third kappa shape index (κ3) is 11.7. The summed E-state index contributed by atoms with van der Waals surface area (Å²) in [7, 11) is 5.32. The Balaban J connectivity index is 4.78. The first-order valence-corrected chi connectivity index (χ1v) is 10.9. The second-order valence-electron chi connectivity index (χ2n) is 5.89. The summed E-state index contributed by atoms with van der Waals surface area (Å²) in [5.41, 5.74) is 1.13. The van der Waals surface area contributed by atoms with Crippen LogP contribution in [0.4, 0.5) is 0 Å². The number of allylic oxidation sites excluding steroid dienone is 4. The molecule has 0 aromatic rings. The predicted molar refractivity (Wildman–Crippen MR) is 112 cm³/mol. The molecule has 0 spiro atoms. The van der Waals surface area contributed by atoms with E-state index in [2.05, 4.69) is 10.6 Å².